The molecule has 0 bridgehead atoms. The van der Waals surface area contributed by atoms with Crippen molar-refractivity contribution in [2.24, 2.45) is 0 Å². The van der Waals surface area contributed by atoms with Crippen molar-refractivity contribution < 1.29 is 4.79 Å². The van der Waals surface area contributed by atoms with E-state index in [1.54, 1.807) is 6.92 Å². The molecule has 0 spiro atoms. The summed E-state index contributed by atoms with van der Waals surface area (Å²) in [7, 11) is 0. The average Bonchev–Trinajstić information content (AvgIpc) is 2.35. The fraction of sp³-hybridized carbons (Fsp3) is 0.312. The number of rotatable bonds is 4. The van der Waals surface area contributed by atoms with Crippen molar-refractivity contribution >= 4 is 16.6 Å². The Labute approximate surface area is 102 Å². The summed E-state index contributed by atoms with van der Waals surface area (Å²) in [4.78, 5) is 11.6. The summed E-state index contributed by atoms with van der Waals surface area (Å²) in [5.74, 6) is 0.142. The number of hydrogen-bond donors (Lipinski definition) is 0. The van der Waals surface area contributed by atoms with Gasteiger partial charge in [-0.3, -0.25) is 4.79 Å². The Morgan fingerprint density at radius 1 is 1.18 bits per heavy atom. The summed E-state index contributed by atoms with van der Waals surface area (Å²) in [6.07, 6.45) is 3.50. The van der Waals surface area contributed by atoms with E-state index in [-0.39, 0.29) is 5.78 Å². The molecular formula is C16H18O. The first-order valence-electron chi connectivity index (χ1n) is 6.25. The van der Waals surface area contributed by atoms with Gasteiger partial charge in [0.2, 0.25) is 0 Å². The number of unbranched alkanes of at least 4 members (excludes halogenated alkanes) is 1. The smallest absolute Gasteiger partial charge is 0.160 e. The molecule has 2 rings (SSSR count). The lowest BCUT2D eigenvalue weighted by atomic mass is 9.98. The molecule has 2 aromatic rings. The molecule has 0 saturated carbocycles. The standard InChI is InChI=1S/C16H18O/c1-3-4-6-13-9-10-14-7-5-8-15(12(2)17)16(14)11-13/h5,7-11H,3-4,6H2,1-2H3. The lowest BCUT2D eigenvalue weighted by Gasteiger charge is -2.06. The van der Waals surface area contributed by atoms with Crippen molar-refractivity contribution in [3.05, 3.63) is 47.5 Å². The zero-order valence-electron chi connectivity index (χ0n) is 10.5. The van der Waals surface area contributed by atoms with E-state index in [1.807, 2.05) is 12.1 Å². The van der Waals surface area contributed by atoms with Gasteiger partial charge in [0.25, 0.3) is 0 Å². The third-order valence-corrected chi connectivity index (χ3v) is 3.14. The molecule has 0 atom stereocenters. The number of carbonyl (C=O) groups excluding carboxylic acids is 1. The van der Waals surface area contributed by atoms with Gasteiger partial charge in [-0.15, -0.1) is 0 Å². The van der Waals surface area contributed by atoms with Gasteiger partial charge in [0.15, 0.2) is 5.78 Å². The minimum Gasteiger partial charge on any atom is -0.294 e. The van der Waals surface area contributed by atoms with Gasteiger partial charge < -0.3 is 0 Å². The van der Waals surface area contributed by atoms with Gasteiger partial charge in [-0.05, 0) is 36.1 Å². The number of benzene rings is 2. The van der Waals surface area contributed by atoms with Crippen molar-refractivity contribution in [3.8, 4) is 0 Å². The highest BCUT2D eigenvalue weighted by Gasteiger charge is 2.05. The molecule has 0 heterocycles. The van der Waals surface area contributed by atoms with Crippen LogP contribution in [0.4, 0.5) is 0 Å². The highest BCUT2D eigenvalue weighted by molar-refractivity contribution is 6.07. The molecule has 2 aromatic carbocycles. The first-order chi connectivity index (χ1) is 8.22. The molecule has 0 saturated heterocycles. The number of Topliss-reactive ketones (excluding diaryl/α,β-unsaturated/α-hetero) is 1. The quantitative estimate of drug-likeness (QED) is 0.707. The highest BCUT2D eigenvalue weighted by atomic mass is 16.1. The summed E-state index contributed by atoms with van der Waals surface area (Å²) in [5, 5.41) is 2.24. The van der Waals surface area contributed by atoms with Crippen LogP contribution in [0.5, 0.6) is 0 Å². The average molecular weight is 226 g/mol. The second-order valence-corrected chi connectivity index (χ2v) is 4.52. The highest BCUT2D eigenvalue weighted by Crippen LogP contribution is 2.21. The molecule has 0 amide bonds. The molecule has 0 aromatic heterocycles. The van der Waals surface area contributed by atoms with Gasteiger partial charge in [-0.2, -0.15) is 0 Å². The zero-order chi connectivity index (χ0) is 12.3. The van der Waals surface area contributed by atoms with Gasteiger partial charge >= 0.3 is 0 Å². The minimum absolute atomic E-state index is 0.142. The Kier molecular flexibility index (Phi) is 3.58. The number of ketones is 1. The lowest BCUT2D eigenvalue weighted by Crippen LogP contribution is -1.94. The van der Waals surface area contributed by atoms with E-state index in [4.69, 9.17) is 0 Å². The van der Waals surface area contributed by atoms with Crippen LogP contribution in [-0.4, -0.2) is 5.78 Å². The fourth-order valence-electron chi connectivity index (χ4n) is 2.16. The van der Waals surface area contributed by atoms with Crippen LogP contribution < -0.4 is 0 Å². The van der Waals surface area contributed by atoms with Crippen molar-refractivity contribution in [3.63, 3.8) is 0 Å². The van der Waals surface area contributed by atoms with Crippen LogP contribution in [0.15, 0.2) is 36.4 Å². The third kappa shape index (κ3) is 2.55. The van der Waals surface area contributed by atoms with Crippen molar-refractivity contribution in [1.82, 2.24) is 0 Å². The van der Waals surface area contributed by atoms with Crippen molar-refractivity contribution in [2.75, 3.05) is 0 Å². The molecular weight excluding hydrogens is 208 g/mol. The SMILES string of the molecule is CCCCc1ccc2cccc(C(C)=O)c2c1. The van der Waals surface area contributed by atoms with Crippen LogP contribution >= 0.6 is 0 Å². The van der Waals surface area contributed by atoms with Gasteiger partial charge in [0.1, 0.15) is 0 Å². The second kappa shape index (κ2) is 5.13. The van der Waals surface area contributed by atoms with Crippen LogP contribution in [-0.2, 0) is 6.42 Å². The normalized spacial score (nSPS) is 10.7. The van der Waals surface area contributed by atoms with Crippen LogP contribution in [0.25, 0.3) is 10.8 Å². The fourth-order valence-corrected chi connectivity index (χ4v) is 2.16. The van der Waals surface area contributed by atoms with Gasteiger partial charge in [0, 0.05) is 5.56 Å². The molecule has 17 heavy (non-hydrogen) atoms. The van der Waals surface area contributed by atoms with Crippen LogP contribution in [0.3, 0.4) is 0 Å². The Balaban J connectivity index is 2.50. The summed E-state index contributed by atoms with van der Waals surface area (Å²) in [6.45, 7) is 3.83. The molecule has 0 radical (unpaired) electrons. The van der Waals surface area contributed by atoms with Crippen molar-refractivity contribution in [2.45, 2.75) is 33.1 Å². The molecule has 0 aliphatic carbocycles. The second-order valence-electron chi connectivity index (χ2n) is 4.52. The largest absolute Gasteiger partial charge is 0.294 e. The first-order valence-corrected chi connectivity index (χ1v) is 6.25. The minimum atomic E-state index is 0.142. The Hall–Kier alpha value is -1.63. The zero-order valence-corrected chi connectivity index (χ0v) is 10.5. The maximum atomic E-state index is 11.6. The number of hydrogen-bond acceptors (Lipinski definition) is 1. The third-order valence-electron chi connectivity index (χ3n) is 3.14. The molecule has 0 N–H and O–H groups in total. The topological polar surface area (TPSA) is 17.1 Å². The van der Waals surface area contributed by atoms with E-state index >= 15 is 0 Å². The number of aryl methyl sites for hydroxylation is 1. The Bertz CT molecular complexity index is 540. The van der Waals surface area contributed by atoms with E-state index in [9.17, 15) is 4.79 Å². The van der Waals surface area contributed by atoms with Crippen LogP contribution in [0, 0.1) is 0 Å². The number of carbonyl (C=O) groups is 1. The Morgan fingerprint density at radius 2 is 2.00 bits per heavy atom. The maximum Gasteiger partial charge on any atom is 0.160 e. The molecule has 0 aliphatic rings. The summed E-state index contributed by atoms with van der Waals surface area (Å²) in [5.41, 5.74) is 2.16. The van der Waals surface area contributed by atoms with Crippen molar-refractivity contribution in [1.29, 1.82) is 0 Å². The summed E-state index contributed by atoms with van der Waals surface area (Å²) >= 11 is 0. The summed E-state index contributed by atoms with van der Waals surface area (Å²) in [6, 6.07) is 12.4. The van der Waals surface area contributed by atoms with Crippen LogP contribution in [0.1, 0.15) is 42.6 Å². The molecule has 1 heteroatoms. The molecule has 0 aliphatic heterocycles. The molecule has 0 fully saturated rings. The van der Waals surface area contributed by atoms with Gasteiger partial charge in [-0.1, -0.05) is 49.7 Å². The molecule has 0 unspecified atom stereocenters. The lowest BCUT2D eigenvalue weighted by molar-refractivity contribution is 0.101. The Morgan fingerprint density at radius 3 is 2.71 bits per heavy atom. The van der Waals surface area contributed by atoms with Crippen LogP contribution in [0.2, 0.25) is 0 Å². The number of fused-ring (bicyclic) bond motifs is 1. The predicted octanol–water partition coefficient (Wildman–Crippen LogP) is 4.39. The maximum absolute atomic E-state index is 11.6. The van der Waals surface area contributed by atoms with E-state index < -0.39 is 0 Å². The monoisotopic (exact) mass is 226 g/mol. The van der Waals surface area contributed by atoms with E-state index in [0.29, 0.717) is 0 Å². The van der Waals surface area contributed by atoms with E-state index in [1.165, 1.54) is 18.4 Å². The first kappa shape index (κ1) is 11.8. The summed E-state index contributed by atoms with van der Waals surface area (Å²) < 4.78 is 0. The molecule has 88 valence electrons. The van der Waals surface area contributed by atoms with Gasteiger partial charge in [0.05, 0.1) is 0 Å². The molecule has 1 nitrogen and oxygen atoms in total. The predicted molar refractivity (Wildman–Crippen MR) is 72.6 cm³/mol. The van der Waals surface area contributed by atoms with Gasteiger partial charge in [-0.25, -0.2) is 0 Å². The van der Waals surface area contributed by atoms with E-state index in [2.05, 4.69) is 31.2 Å². The van der Waals surface area contributed by atoms with E-state index in [0.717, 1.165) is 22.8 Å².